The number of anilines is 2. The van der Waals surface area contributed by atoms with Gasteiger partial charge in [-0.2, -0.15) is 0 Å². The van der Waals surface area contributed by atoms with E-state index in [-0.39, 0.29) is 23.1 Å². The van der Waals surface area contributed by atoms with Crippen LogP contribution in [0.4, 0.5) is 16.4 Å². The highest BCUT2D eigenvalue weighted by Gasteiger charge is 2.46. The molecule has 6 rings (SSSR count). The fourth-order valence-corrected chi connectivity index (χ4v) is 7.05. The Kier molecular flexibility index (Phi) is 6.39. The number of carbonyl (C=O) groups is 1. The lowest BCUT2D eigenvalue weighted by atomic mass is 9.74. The molecule has 2 fully saturated rings. The van der Waals surface area contributed by atoms with Crippen LogP contribution in [0.1, 0.15) is 76.1 Å². The Morgan fingerprint density at radius 3 is 2.66 bits per heavy atom. The maximum atomic E-state index is 12.9. The van der Waals surface area contributed by atoms with Gasteiger partial charge in [-0.05, 0) is 83.8 Å². The summed E-state index contributed by atoms with van der Waals surface area (Å²) in [5.41, 5.74) is 4.26. The minimum absolute atomic E-state index is 0.0495. The largest absolute Gasteiger partial charge is 0.444 e. The number of fused-ring (bicyclic) bond motifs is 3. The van der Waals surface area contributed by atoms with Gasteiger partial charge in [0.25, 0.3) is 5.56 Å². The molecule has 204 valence electrons. The number of para-hydroxylation sites is 1. The number of benzene rings is 1. The van der Waals surface area contributed by atoms with Crippen molar-refractivity contribution in [1.82, 2.24) is 14.9 Å². The normalized spacial score (nSPS) is 22.5. The highest BCUT2D eigenvalue weighted by atomic mass is 16.6. The van der Waals surface area contributed by atoms with E-state index in [0.717, 1.165) is 101 Å². The predicted molar refractivity (Wildman–Crippen MR) is 149 cm³/mol. The lowest BCUT2D eigenvalue weighted by Gasteiger charge is -2.40. The van der Waals surface area contributed by atoms with Crippen molar-refractivity contribution in [1.29, 1.82) is 0 Å². The fourth-order valence-electron chi connectivity index (χ4n) is 7.05. The quantitative estimate of drug-likeness (QED) is 0.647. The molecule has 2 aromatic rings. The van der Waals surface area contributed by atoms with Crippen molar-refractivity contribution < 1.29 is 9.53 Å². The number of aromatic nitrogens is 2. The zero-order valence-electron chi connectivity index (χ0n) is 23.1. The molecule has 0 bridgehead atoms. The van der Waals surface area contributed by atoms with E-state index in [9.17, 15) is 9.59 Å². The molecule has 4 aliphatic rings. The molecule has 8 heteroatoms. The molecule has 1 aromatic heterocycles. The third kappa shape index (κ3) is 4.67. The summed E-state index contributed by atoms with van der Waals surface area (Å²) in [7, 11) is 0. The summed E-state index contributed by atoms with van der Waals surface area (Å²) in [6.07, 6.45) is 7.82. The number of rotatable bonds is 3. The van der Waals surface area contributed by atoms with E-state index in [4.69, 9.17) is 9.72 Å². The summed E-state index contributed by atoms with van der Waals surface area (Å²) in [6.45, 7) is 10.1. The molecule has 2 saturated heterocycles. The van der Waals surface area contributed by atoms with Crippen molar-refractivity contribution in [3.8, 4) is 0 Å². The van der Waals surface area contributed by atoms with Crippen LogP contribution in [-0.4, -0.2) is 65.3 Å². The van der Waals surface area contributed by atoms with E-state index in [1.54, 1.807) is 0 Å². The van der Waals surface area contributed by atoms with Crippen LogP contribution >= 0.6 is 0 Å². The first-order chi connectivity index (χ1) is 18.2. The Balaban J connectivity index is 1.18. The summed E-state index contributed by atoms with van der Waals surface area (Å²) in [4.78, 5) is 40.4. The summed E-state index contributed by atoms with van der Waals surface area (Å²) in [5.74, 6) is 0.743. The van der Waals surface area contributed by atoms with Crippen molar-refractivity contribution in [3.05, 3.63) is 51.4 Å². The van der Waals surface area contributed by atoms with Gasteiger partial charge in [-0.1, -0.05) is 18.2 Å². The Bertz CT molecular complexity index is 1260. The summed E-state index contributed by atoms with van der Waals surface area (Å²) < 4.78 is 5.72. The van der Waals surface area contributed by atoms with Crippen LogP contribution in [0, 0.1) is 0 Å². The summed E-state index contributed by atoms with van der Waals surface area (Å²) in [5, 5.41) is 0. The molecule has 1 spiro atoms. The topological polar surface area (TPSA) is 81.8 Å². The van der Waals surface area contributed by atoms with Gasteiger partial charge in [-0.25, -0.2) is 9.78 Å². The van der Waals surface area contributed by atoms with Crippen molar-refractivity contribution >= 4 is 17.7 Å². The lowest BCUT2D eigenvalue weighted by molar-refractivity contribution is 0.0231. The van der Waals surface area contributed by atoms with Gasteiger partial charge >= 0.3 is 6.09 Å². The molecule has 1 aliphatic carbocycles. The molecule has 1 atom stereocenters. The third-order valence-corrected chi connectivity index (χ3v) is 8.94. The first kappa shape index (κ1) is 25.3. The molecule has 8 nitrogen and oxygen atoms in total. The van der Waals surface area contributed by atoms with Gasteiger partial charge in [0, 0.05) is 49.4 Å². The van der Waals surface area contributed by atoms with E-state index < -0.39 is 5.60 Å². The Morgan fingerprint density at radius 1 is 1.11 bits per heavy atom. The molecule has 38 heavy (non-hydrogen) atoms. The maximum absolute atomic E-state index is 12.9. The highest BCUT2D eigenvalue weighted by Crippen LogP contribution is 2.47. The molecule has 0 saturated carbocycles. The van der Waals surface area contributed by atoms with Crippen LogP contribution < -0.4 is 15.4 Å². The van der Waals surface area contributed by atoms with Crippen molar-refractivity contribution in [2.24, 2.45) is 0 Å². The van der Waals surface area contributed by atoms with Crippen molar-refractivity contribution in [2.45, 2.75) is 89.2 Å². The number of nitrogens with zero attached hydrogens (tertiary/aromatic N) is 4. The molecule has 1 amide bonds. The number of ether oxygens (including phenoxy) is 1. The molecule has 0 radical (unpaired) electrons. The summed E-state index contributed by atoms with van der Waals surface area (Å²) in [6, 6.07) is 8.98. The van der Waals surface area contributed by atoms with Crippen LogP contribution in [0.3, 0.4) is 0 Å². The molecular weight excluding hydrogens is 478 g/mol. The number of carbonyl (C=O) groups excluding carboxylic acids is 1. The smallest absolute Gasteiger partial charge is 0.410 e. The minimum Gasteiger partial charge on any atom is -0.444 e. The van der Waals surface area contributed by atoms with Gasteiger partial charge < -0.3 is 19.4 Å². The zero-order valence-corrected chi connectivity index (χ0v) is 23.1. The Hall–Kier alpha value is -3.03. The second kappa shape index (κ2) is 9.62. The molecular formula is C30H41N5O3. The maximum Gasteiger partial charge on any atom is 0.410 e. The van der Waals surface area contributed by atoms with Gasteiger partial charge in [0.15, 0.2) is 0 Å². The van der Waals surface area contributed by atoms with E-state index in [2.05, 4.69) is 39.0 Å². The predicted octanol–water partition coefficient (Wildman–Crippen LogP) is 4.41. The molecule has 4 heterocycles. The van der Waals surface area contributed by atoms with Gasteiger partial charge in [-0.3, -0.25) is 9.78 Å². The number of hydrogen-bond acceptors (Lipinski definition) is 6. The minimum atomic E-state index is -0.486. The van der Waals surface area contributed by atoms with Crippen LogP contribution in [0.15, 0.2) is 29.1 Å². The van der Waals surface area contributed by atoms with Crippen LogP contribution in [0.5, 0.6) is 0 Å². The van der Waals surface area contributed by atoms with Crippen LogP contribution in [0.25, 0.3) is 0 Å². The number of aryl methyl sites for hydroxylation is 1. The van der Waals surface area contributed by atoms with Crippen LogP contribution in [0.2, 0.25) is 0 Å². The van der Waals surface area contributed by atoms with E-state index >= 15 is 0 Å². The van der Waals surface area contributed by atoms with Crippen LogP contribution in [-0.2, 0) is 23.0 Å². The van der Waals surface area contributed by atoms with Gasteiger partial charge in [0.05, 0.1) is 11.7 Å². The van der Waals surface area contributed by atoms with Gasteiger partial charge in [0.1, 0.15) is 5.60 Å². The van der Waals surface area contributed by atoms with Gasteiger partial charge in [-0.15, -0.1) is 0 Å². The number of hydrogen-bond donors (Lipinski definition) is 1. The summed E-state index contributed by atoms with van der Waals surface area (Å²) >= 11 is 0. The number of amides is 1. The number of H-pyrrole nitrogens is 1. The Morgan fingerprint density at radius 2 is 1.87 bits per heavy atom. The van der Waals surface area contributed by atoms with Crippen molar-refractivity contribution in [3.63, 3.8) is 0 Å². The van der Waals surface area contributed by atoms with E-state index in [1.165, 1.54) is 11.3 Å². The average Bonchev–Trinajstić information content (AvgIpc) is 3.47. The molecule has 3 aliphatic heterocycles. The first-order valence-corrected chi connectivity index (χ1v) is 14.4. The molecule has 1 N–H and O–H groups in total. The monoisotopic (exact) mass is 519 g/mol. The number of aromatic amines is 1. The highest BCUT2D eigenvalue weighted by molar-refractivity contribution is 5.69. The van der Waals surface area contributed by atoms with E-state index in [0.29, 0.717) is 0 Å². The van der Waals surface area contributed by atoms with E-state index in [1.807, 2.05) is 25.7 Å². The second-order valence-corrected chi connectivity index (χ2v) is 12.7. The Labute approximate surface area is 225 Å². The molecule has 1 aromatic carbocycles. The van der Waals surface area contributed by atoms with Gasteiger partial charge in [0.2, 0.25) is 5.95 Å². The second-order valence-electron chi connectivity index (χ2n) is 12.7. The zero-order chi connectivity index (χ0) is 26.5. The molecule has 1 unspecified atom stereocenters. The number of piperidine rings is 1. The number of likely N-dealkylation sites (tertiary alicyclic amines) is 1. The third-order valence-electron chi connectivity index (χ3n) is 8.94. The van der Waals surface area contributed by atoms with Crippen molar-refractivity contribution in [2.75, 3.05) is 42.5 Å². The first-order valence-electron chi connectivity index (χ1n) is 14.4. The SMILES string of the molecule is CC(C)(C)OC(=O)N1CCCC1CN1CC2(CCN(c3nc4c(c(=O)[nH]3)CCCC4)CC2)c2ccccc21. The lowest BCUT2D eigenvalue weighted by Crippen LogP contribution is -2.49. The number of nitrogens with one attached hydrogen (secondary N) is 1. The average molecular weight is 520 g/mol. The standard InChI is InChI=1S/C30H41N5O3/c1-29(2,3)38-28(37)35-16-8-9-21(35)19-34-20-30(23-11-5-7-13-25(23)34)14-17-33(18-15-30)27-31-24-12-6-4-10-22(24)26(36)32-27/h5,7,11,13,21H,4,6,8-10,12,14-20H2,1-3H3,(H,31,32,36). The fraction of sp³-hybridized carbons (Fsp3) is 0.633.